The zero-order valence-electron chi connectivity index (χ0n) is 11.5. The third kappa shape index (κ3) is 2.34. The predicted molar refractivity (Wildman–Crippen MR) is 82.4 cm³/mol. The van der Waals surface area contributed by atoms with Crippen molar-refractivity contribution in [2.45, 2.75) is 12.8 Å². The lowest BCUT2D eigenvalue weighted by molar-refractivity contribution is 0.0984. The Balaban J connectivity index is 2.46. The fraction of sp³-hybridized carbons (Fsp3) is 0.176. The topological polar surface area (TPSA) is 43.4 Å². The highest BCUT2D eigenvalue weighted by Gasteiger charge is 2.23. The summed E-state index contributed by atoms with van der Waals surface area (Å²) in [6.45, 7) is 0. The molecule has 3 rings (SSSR count). The van der Waals surface area contributed by atoms with Crippen LogP contribution in [-0.4, -0.2) is 12.9 Å². The Morgan fingerprint density at radius 1 is 1.05 bits per heavy atom. The van der Waals surface area contributed by atoms with E-state index in [-0.39, 0.29) is 22.0 Å². The van der Waals surface area contributed by atoms with Crippen LogP contribution in [0.3, 0.4) is 0 Å². The molecule has 2 aromatic carbocycles. The summed E-state index contributed by atoms with van der Waals surface area (Å²) in [6.07, 6.45) is 1.05. The lowest BCUT2D eigenvalue weighted by Gasteiger charge is -2.07. The van der Waals surface area contributed by atoms with Crippen LogP contribution in [0.25, 0.3) is 11.1 Å². The molecule has 0 aromatic heterocycles. The van der Waals surface area contributed by atoms with Gasteiger partial charge in [-0.05, 0) is 23.6 Å². The summed E-state index contributed by atoms with van der Waals surface area (Å²) >= 11 is 6.32. The minimum atomic E-state index is -0.333. The van der Waals surface area contributed by atoms with Crippen molar-refractivity contribution in [3.05, 3.63) is 62.8 Å². The van der Waals surface area contributed by atoms with Gasteiger partial charge in [-0.2, -0.15) is 0 Å². The van der Waals surface area contributed by atoms with Crippen molar-refractivity contribution in [2.24, 2.45) is 0 Å². The van der Waals surface area contributed by atoms with Gasteiger partial charge >= 0.3 is 0 Å². The number of ketones is 1. The van der Waals surface area contributed by atoms with Crippen LogP contribution in [0.4, 0.5) is 0 Å². The number of rotatable bonds is 1. The van der Waals surface area contributed by atoms with Gasteiger partial charge < -0.3 is 4.74 Å². The van der Waals surface area contributed by atoms with E-state index in [9.17, 15) is 9.59 Å². The van der Waals surface area contributed by atoms with Gasteiger partial charge in [0.2, 0.25) is 5.43 Å². The normalized spacial score (nSPS) is 13.1. The maximum Gasteiger partial charge on any atom is 0.221 e. The Kier molecular flexibility index (Phi) is 3.52. The van der Waals surface area contributed by atoms with Crippen LogP contribution >= 0.6 is 11.6 Å². The third-order valence-electron chi connectivity index (χ3n) is 3.71. The van der Waals surface area contributed by atoms with Crippen molar-refractivity contribution in [3.63, 3.8) is 0 Å². The zero-order chi connectivity index (χ0) is 15.0. The summed E-state index contributed by atoms with van der Waals surface area (Å²) in [5.74, 6) is 0.0999. The van der Waals surface area contributed by atoms with Gasteiger partial charge in [0.1, 0.15) is 0 Å². The molecule has 0 saturated carbocycles. The predicted octanol–water partition coefficient (Wildman–Crippen LogP) is 3.50. The number of carbonyl (C=O) groups excluding carboxylic acids is 1. The minimum Gasteiger partial charge on any atom is -0.493 e. The Morgan fingerprint density at radius 3 is 2.57 bits per heavy atom. The molecular formula is C17H13ClO3. The molecule has 0 amide bonds. The average Bonchev–Trinajstić information content (AvgIpc) is 2.69. The average molecular weight is 301 g/mol. The summed E-state index contributed by atoms with van der Waals surface area (Å²) in [7, 11) is 1.41. The molecule has 0 heterocycles. The number of benzene rings is 1. The highest BCUT2D eigenvalue weighted by atomic mass is 35.5. The number of ether oxygens (including phenoxy) is 1. The third-order valence-corrected chi connectivity index (χ3v) is 4.01. The van der Waals surface area contributed by atoms with Crippen LogP contribution in [0.2, 0.25) is 5.02 Å². The van der Waals surface area contributed by atoms with Gasteiger partial charge in [0.25, 0.3) is 0 Å². The number of methoxy groups -OCH3 is 1. The van der Waals surface area contributed by atoms with Crippen molar-refractivity contribution in [1.29, 1.82) is 0 Å². The van der Waals surface area contributed by atoms with E-state index in [4.69, 9.17) is 16.3 Å². The molecule has 0 spiro atoms. The van der Waals surface area contributed by atoms with Crippen LogP contribution in [0.1, 0.15) is 22.3 Å². The summed E-state index contributed by atoms with van der Waals surface area (Å²) in [5.41, 5.74) is 2.70. The number of aryl methyl sites for hydroxylation is 1. The van der Waals surface area contributed by atoms with Gasteiger partial charge in [-0.3, -0.25) is 9.59 Å². The molecule has 21 heavy (non-hydrogen) atoms. The summed E-state index contributed by atoms with van der Waals surface area (Å²) < 4.78 is 5.08. The monoisotopic (exact) mass is 300 g/mol. The van der Waals surface area contributed by atoms with Crippen molar-refractivity contribution < 1.29 is 9.53 Å². The largest absolute Gasteiger partial charge is 0.493 e. The van der Waals surface area contributed by atoms with Crippen molar-refractivity contribution >= 4 is 17.4 Å². The number of hydrogen-bond acceptors (Lipinski definition) is 3. The van der Waals surface area contributed by atoms with Gasteiger partial charge in [0.15, 0.2) is 11.5 Å². The molecule has 3 nitrogen and oxygen atoms in total. The standard InChI is InChI=1S/C17H13ClO3/c1-21-16-8-12-14(19)7-6-10-4-2-3-5-11(10)17(12)13(18)9-15(16)20/h2-5,8-9H,6-7H2,1H3. The fourth-order valence-corrected chi connectivity index (χ4v) is 2.98. The van der Waals surface area contributed by atoms with Gasteiger partial charge in [-0.15, -0.1) is 0 Å². The van der Waals surface area contributed by atoms with Gasteiger partial charge in [0, 0.05) is 23.6 Å². The highest BCUT2D eigenvalue weighted by Crippen LogP contribution is 2.37. The van der Waals surface area contributed by atoms with E-state index in [1.54, 1.807) is 0 Å². The first kappa shape index (κ1) is 13.8. The number of halogens is 1. The van der Waals surface area contributed by atoms with Crippen LogP contribution in [-0.2, 0) is 6.42 Å². The minimum absolute atomic E-state index is 0.0306. The van der Waals surface area contributed by atoms with E-state index in [1.165, 1.54) is 19.2 Å². The second-order valence-corrected chi connectivity index (χ2v) is 5.35. The molecule has 2 aromatic rings. The van der Waals surface area contributed by atoms with Crippen molar-refractivity contribution in [1.82, 2.24) is 0 Å². The molecule has 0 atom stereocenters. The van der Waals surface area contributed by atoms with E-state index < -0.39 is 0 Å². The van der Waals surface area contributed by atoms with Crippen LogP contribution < -0.4 is 10.2 Å². The van der Waals surface area contributed by atoms with Crippen LogP contribution in [0.5, 0.6) is 5.75 Å². The number of Topliss-reactive ketones (excluding diaryl/α,β-unsaturated/α-hetero) is 1. The molecular weight excluding hydrogens is 288 g/mol. The molecule has 0 saturated heterocycles. The highest BCUT2D eigenvalue weighted by molar-refractivity contribution is 6.34. The lowest BCUT2D eigenvalue weighted by atomic mass is 9.98. The van der Waals surface area contributed by atoms with E-state index >= 15 is 0 Å². The molecule has 0 radical (unpaired) electrons. The fourth-order valence-electron chi connectivity index (χ4n) is 2.68. The first-order chi connectivity index (χ1) is 10.1. The Hall–Kier alpha value is -2.13. The number of hydrogen-bond donors (Lipinski definition) is 0. The molecule has 0 unspecified atom stereocenters. The zero-order valence-corrected chi connectivity index (χ0v) is 12.2. The van der Waals surface area contributed by atoms with E-state index in [2.05, 4.69) is 0 Å². The lowest BCUT2D eigenvalue weighted by Crippen LogP contribution is -2.02. The first-order valence-corrected chi connectivity index (χ1v) is 7.03. The van der Waals surface area contributed by atoms with Gasteiger partial charge in [-0.25, -0.2) is 0 Å². The quantitative estimate of drug-likeness (QED) is 0.809. The number of fused-ring (bicyclic) bond motifs is 3. The molecule has 0 fully saturated rings. The molecule has 0 bridgehead atoms. The van der Waals surface area contributed by atoms with E-state index in [0.717, 1.165) is 11.1 Å². The van der Waals surface area contributed by atoms with Crippen molar-refractivity contribution in [2.75, 3.05) is 7.11 Å². The van der Waals surface area contributed by atoms with Crippen molar-refractivity contribution in [3.8, 4) is 16.9 Å². The molecule has 1 aliphatic rings. The second-order valence-electron chi connectivity index (χ2n) is 4.94. The Labute approximate surface area is 127 Å². The van der Waals surface area contributed by atoms with E-state index in [0.29, 0.717) is 24.0 Å². The summed E-state index contributed by atoms with van der Waals surface area (Å²) in [4.78, 5) is 24.4. The molecule has 1 aliphatic carbocycles. The van der Waals surface area contributed by atoms with Crippen LogP contribution in [0.15, 0.2) is 41.2 Å². The van der Waals surface area contributed by atoms with Gasteiger partial charge in [0.05, 0.1) is 12.1 Å². The smallest absolute Gasteiger partial charge is 0.221 e. The van der Waals surface area contributed by atoms with Gasteiger partial charge in [-0.1, -0.05) is 35.9 Å². The SMILES string of the molecule is COc1cc2c(c(Cl)cc1=O)-c1ccccc1CCC2=O. The molecule has 0 aliphatic heterocycles. The molecule has 0 N–H and O–H groups in total. The second kappa shape index (κ2) is 5.34. The molecule has 4 heteroatoms. The van der Waals surface area contributed by atoms with E-state index in [1.807, 2.05) is 24.3 Å². The molecule has 106 valence electrons. The Morgan fingerprint density at radius 2 is 1.81 bits per heavy atom. The number of carbonyl (C=O) groups is 1. The summed E-state index contributed by atoms with van der Waals surface area (Å²) in [5, 5.41) is 0.279. The maximum atomic E-state index is 12.4. The van der Waals surface area contributed by atoms with Crippen LogP contribution in [0, 0.1) is 0 Å². The summed E-state index contributed by atoms with van der Waals surface area (Å²) in [6, 6.07) is 10.6. The first-order valence-electron chi connectivity index (χ1n) is 6.65. The Bertz CT molecular complexity index is 796. The maximum absolute atomic E-state index is 12.4.